The molecule has 1 fully saturated rings. The predicted octanol–water partition coefficient (Wildman–Crippen LogP) is 2.54. The van der Waals surface area contributed by atoms with Gasteiger partial charge in [-0.15, -0.1) is 0 Å². The average Bonchev–Trinajstić information content (AvgIpc) is 2.64. The molecule has 0 aliphatic heterocycles. The zero-order chi connectivity index (χ0) is 10.4. The van der Waals surface area contributed by atoms with Crippen LogP contribution in [0, 0.1) is 5.92 Å². The van der Waals surface area contributed by atoms with Crippen LogP contribution in [-0.4, -0.2) is 17.0 Å². The Labute approximate surface area is 92.4 Å². The molecule has 3 heteroatoms. The molecule has 0 amide bonds. The fourth-order valence-corrected chi connectivity index (χ4v) is 2.99. The fraction of sp³-hybridized carbons (Fsp3) is 1.00. The molecule has 0 bridgehead atoms. The third-order valence-corrected chi connectivity index (χ3v) is 4.22. The van der Waals surface area contributed by atoms with Gasteiger partial charge in [0.2, 0.25) is 0 Å². The van der Waals surface area contributed by atoms with Crippen LogP contribution in [0.1, 0.15) is 46.0 Å². The topological polar surface area (TPSA) is 38.0 Å². The minimum Gasteiger partial charge on any atom is -0.271 e. The molecule has 0 saturated heterocycles. The van der Waals surface area contributed by atoms with Crippen LogP contribution < -0.4 is 11.3 Å². The highest BCUT2D eigenvalue weighted by molar-refractivity contribution is 7.99. The van der Waals surface area contributed by atoms with Gasteiger partial charge in [0.25, 0.3) is 0 Å². The van der Waals surface area contributed by atoms with E-state index in [1.165, 1.54) is 32.1 Å². The van der Waals surface area contributed by atoms with Gasteiger partial charge < -0.3 is 0 Å². The van der Waals surface area contributed by atoms with Gasteiger partial charge in [-0.1, -0.05) is 39.5 Å². The number of hydrogen-bond acceptors (Lipinski definition) is 3. The maximum atomic E-state index is 5.57. The van der Waals surface area contributed by atoms with E-state index in [4.69, 9.17) is 5.84 Å². The molecule has 0 radical (unpaired) electrons. The quantitative estimate of drug-likeness (QED) is 0.529. The van der Waals surface area contributed by atoms with Crippen molar-refractivity contribution in [2.75, 3.05) is 5.75 Å². The Hall–Kier alpha value is 0.270. The Morgan fingerprint density at radius 1 is 1.36 bits per heavy atom. The van der Waals surface area contributed by atoms with Gasteiger partial charge in [-0.3, -0.25) is 11.3 Å². The summed E-state index contributed by atoms with van der Waals surface area (Å²) in [5.41, 5.74) is 2.96. The van der Waals surface area contributed by atoms with E-state index in [1.54, 1.807) is 0 Å². The molecular weight excluding hydrogens is 192 g/mol. The van der Waals surface area contributed by atoms with Crippen molar-refractivity contribution in [3.05, 3.63) is 0 Å². The number of nitrogens with two attached hydrogens (primary N) is 1. The molecule has 14 heavy (non-hydrogen) atoms. The second-order valence-electron chi connectivity index (χ2n) is 4.63. The Morgan fingerprint density at radius 3 is 2.50 bits per heavy atom. The molecule has 1 rings (SSSR count). The summed E-state index contributed by atoms with van der Waals surface area (Å²) in [7, 11) is 0. The van der Waals surface area contributed by atoms with Crippen LogP contribution in [0.4, 0.5) is 0 Å². The Bertz CT molecular complexity index is 144. The molecule has 1 saturated carbocycles. The average molecular weight is 216 g/mol. The van der Waals surface area contributed by atoms with Crippen LogP contribution in [0.5, 0.6) is 0 Å². The Balaban J connectivity index is 2.16. The van der Waals surface area contributed by atoms with Crippen molar-refractivity contribution in [1.29, 1.82) is 0 Å². The van der Waals surface area contributed by atoms with Crippen molar-refractivity contribution in [2.45, 2.75) is 57.2 Å². The highest BCUT2D eigenvalue weighted by atomic mass is 32.2. The first-order valence-corrected chi connectivity index (χ1v) is 6.85. The van der Waals surface area contributed by atoms with E-state index in [0.717, 1.165) is 16.9 Å². The SMILES string of the molecule is CC(C)SCC(CC1CCCC1)NN. The van der Waals surface area contributed by atoms with Gasteiger partial charge in [0, 0.05) is 11.8 Å². The number of hydrogen-bond donors (Lipinski definition) is 2. The molecule has 1 atom stereocenters. The zero-order valence-electron chi connectivity index (χ0n) is 9.46. The van der Waals surface area contributed by atoms with Crippen LogP contribution >= 0.6 is 11.8 Å². The molecule has 0 aromatic heterocycles. The second kappa shape index (κ2) is 6.70. The van der Waals surface area contributed by atoms with Gasteiger partial charge in [-0.05, 0) is 17.6 Å². The maximum Gasteiger partial charge on any atom is 0.0303 e. The first kappa shape index (κ1) is 12.3. The van der Waals surface area contributed by atoms with Crippen molar-refractivity contribution in [3.63, 3.8) is 0 Å². The van der Waals surface area contributed by atoms with Gasteiger partial charge in [0.15, 0.2) is 0 Å². The summed E-state index contributed by atoms with van der Waals surface area (Å²) in [6.45, 7) is 4.49. The van der Waals surface area contributed by atoms with Crippen molar-refractivity contribution in [3.8, 4) is 0 Å². The van der Waals surface area contributed by atoms with E-state index in [9.17, 15) is 0 Å². The fourth-order valence-electron chi connectivity index (χ4n) is 2.14. The Morgan fingerprint density at radius 2 is 2.00 bits per heavy atom. The Kier molecular flexibility index (Phi) is 5.90. The van der Waals surface area contributed by atoms with Crippen LogP contribution in [-0.2, 0) is 0 Å². The van der Waals surface area contributed by atoms with Crippen molar-refractivity contribution < 1.29 is 0 Å². The lowest BCUT2D eigenvalue weighted by Gasteiger charge is -2.20. The van der Waals surface area contributed by atoms with Gasteiger partial charge in [-0.2, -0.15) is 11.8 Å². The van der Waals surface area contributed by atoms with Gasteiger partial charge in [0.05, 0.1) is 0 Å². The van der Waals surface area contributed by atoms with Crippen LogP contribution in [0.25, 0.3) is 0 Å². The number of hydrazine groups is 1. The predicted molar refractivity (Wildman–Crippen MR) is 65.3 cm³/mol. The van der Waals surface area contributed by atoms with Crippen molar-refractivity contribution in [2.24, 2.45) is 11.8 Å². The lowest BCUT2D eigenvalue weighted by molar-refractivity contribution is 0.415. The van der Waals surface area contributed by atoms with E-state index in [0.29, 0.717) is 6.04 Å². The molecule has 3 N–H and O–H groups in total. The molecule has 1 aliphatic rings. The molecule has 1 aliphatic carbocycles. The van der Waals surface area contributed by atoms with Crippen molar-refractivity contribution >= 4 is 11.8 Å². The van der Waals surface area contributed by atoms with Gasteiger partial charge in [-0.25, -0.2) is 0 Å². The largest absolute Gasteiger partial charge is 0.271 e. The lowest BCUT2D eigenvalue weighted by atomic mass is 10.00. The van der Waals surface area contributed by atoms with Crippen molar-refractivity contribution in [1.82, 2.24) is 5.43 Å². The normalized spacial score (nSPS) is 20.6. The summed E-state index contributed by atoms with van der Waals surface area (Å²) in [6, 6.07) is 0.519. The molecule has 0 spiro atoms. The van der Waals surface area contributed by atoms with Crippen LogP contribution in [0.3, 0.4) is 0 Å². The first-order chi connectivity index (χ1) is 6.72. The van der Waals surface area contributed by atoms with Gasteiger partial charge >= 0.3 is 0 Å². The smallest absolute Gasteiger partial charge is 0.0303 e. The highest BCUT2D eigenvalue weighted by Gasteiger charge is 2.19. The molecular formula is C11H24N2S. The summed E-state index contributed by atoms with van der Waals surface area (Å²) < 4.78 is 0. The van der Waals surface area contributed by atoms with Crippen LogP contribution in [0.2, 0.25) is 0 Å². The summed E-state index contributed by atoms with van der Waals surface area (Å²) in [4.78, 5) is 0. The molecule has 2 nitrogen and oxygen atoms in total. The van der Waals surface area contributed by atoms with E-state index < -0.39 is 0 Å². The van der Waals surface area contributed by atoms with E-state index in [1.807, 2.05) is 11.8 Å². The molecule has 0 aromatic carbocycles. The standard InChI is InChI=1S/C11H24N2S/c1-9(2)14-8-11(13-12)7-10-5-3-4-6-10/h9-11,13H,3-8,12H2,1-2H3. The summed E-state index contributed by atoms with van der Waals surface area (Å²) in [5.74, 6) is 7.67. The van der Waals surface area contributed by atoms with Gasteiger partial charge in [0.1, 0.15) is 0 Å². The maximum absolute atomic E-state index is 5.57. The van der Waals surface area contributed by atoms with Crippen LogP contribution in [0.15, 0.2) is 0 Å². The lowest BCUT2D eigenvalue weighted by Crippen LogP contribution is -2.38. The minimum absolute atomic E-state index is 0.519. The molecule has 1 unspecified atom stereocenters. The minimum atomic E-state index is 0.519. The third-order valence-electron chi connectivity index (χ3n) is 2.96. The summed E-state index contributed by atoms with van der Waals surface area (Å²) in [6.07, 6.45) is 6.98. The second-order valence-corrected chi connectivity index (χ2v) is 6.24. The number of nitrogens with one attached hydrogen (secondary N) is 1. The summed E-state index contributed by atoms with van der Waals surface area (Å²) in [5, 5.41) is 0.717. The third kappa shape index (κ3) is 4.67. The van der Waals surface area contributed by atoms with E-state index in [-0.39, 0.29) is 0 Å². The van der Waals surface area contributed by atoms with E-state index >= 15 is 0 Å². The first-order valence-electron chi connectivity index (χ1n) is 5.80. The molecule has 84 valence electrons. The molecule has 0 heterocycles. The van der Waals surface area contributed by atoms with E-state index in [2.05, 4.69) is 19.3 Å². The molecule has 0 aromatic rings. The summed E-state index contributed by atoms with van der Waals surface area (Å²) >= 11 is 2.00. The number of thioether (sulfide) groups is 1. The highest BCUT2D eigenvalue weighted by Crippen LogP contribution is 2.29. The number of rotatable bonds is 6. The zero-order valence-corrected chi connectivity index (χ0v) is 10.3. The monoisotopic (exact) mass is 216 g/mol.